The van der Waals surface area contributed by atoms with Crippen LogP contribution in [0.25, 0.3) is 0 Å². The number of carbonyl (C=O) groups excluding carboxylic acids is 2. The summed E-state index contributed by atoms with van der Waals surface area (Å²) in [5.74, 6) is 0.753. The summed E-state index contributed by atoms with van der Waals surface area (Å²) in [6.07, 6.45) is 0. The van der Waals surface area contributed by atoms with Crippen LogP contribution in [0.5, 0.6) is 5.75 Å². The lowest BCUT2D eigenvalue weighted by atomic mass is 10.2. The molecule has 3 amide bonds. The van der Waals surface area contributed by atoms with Crippen LogP contribution >= 0.6 is 0 Å². The van der Waals surface area contributed by atoms with Gasteiger partial charge in [0.15, 0.2) is 0 Å². The monoisotopic (exact) mass is 382 g/mol. The van der Waals surface area contributed by atoms with E-state index in [9.17, 15) is 9.59 Å². The van der Waals surface area contributed by atoms with Gasteiger partial charge in [0.25, 0.3) is 0 Å². The van der Waals surface area contributed by atoms with Crippen LogP contribution < -0.4 is 20.3 Å². The van der Waals surface area contributed by atoms with Crippen LogP contribution in [0.1, 0.15) is 13.8 Å². The van der Waals surface area contributed by atoms with Crippen LogP contribution in [-0.2, 0) is 4.79 Å². The van der Waals surface area contributed by atoms with Crippen molar-refractivity contribution >= 4 is 29.0 Å². The van der Waals surface area contributed by atoms with Gasteiger partial charge in [-0.25, -0.2) is 4.79 Å². The summed E-state index contributed by atoms with van der Waals surface area (Å²) >= 11 is 0. The van der Waals surface area contributed by atoms with Crippen LogP contribution in [0.4, 0.5) is 21.9 Å². The first kappa shape index (κ1) is 19.5. The highest BCUT2D eigenvalue weighted by Gasteiger charge is 2.23. The minimum atomic E-state index is -0.124. The van der Waals surface area contributed by atoms with Gasteiger partial charge >= 0.3 is 6.03 Å². The zero-order valence-electron chi connectivity index (χ0n) is 16.3. The van der Waals surface area contributed by atoms with Gasteiger partial charge in [-0.2, -0.15) is 0 Å². The molecule has 0 aliphatic carbocycles. The quantitative estimate of drug-likeness (QED) is 0.831. The van der Waals surface area contributed by atoms with Crippen molar-refractivity contribution in [2.24, 2.45) is 0 Å². The summed E-state index contributed by atoms with van der Waals surface area (Å²) < 4.78 is 5.72. The Morgan fingerprint density at radius 2 is 1.54 bits per heavy atom. The average molecular weight is 382 g/mol. The van der Waals surface area contributed by atoms with Crippen molar-refractivity contribution in [3.8, 4) is 5.75 Å². The summed E-state index contributed by atoms with van der Waals surface area (Å²) in [5.41, 5.74) is 2.47. The third kappa shape index (κ3) is 4.94. The minimum Gasteiger partial charge on any atom is -0.492 e. The molecule has 1 fully saturated rings. The largest absolute Gasteiger partial charge is 0.492 e. The fourth-order valence-electron chi connectivity index (χ4n) is 3.19. The van der Waals surface area contributed by atoms with E-state index in [2.05, 4.69) is 21.6 Å². The lowest BCUT2D eigenvalue weighted by Gasteiger charge is -2.36. The Kier molecular flexibility index (Phi) is 6.37. The minimum absolute atomic E-state index is 0.120. The summed E-state index contributed by atoms with van der Waals surface area (Å²) in [6.45, 7) is 6.83. The van der Waals surface area contributed by atoms with Crippen molar-refractivity contribution in [1.29, 1.82) is 0 Å². The Bertz CT molecular complexity index is 815. The highest BCUT2D eigenvalue weighted by atomic mass is 16.5. The van der Waals surface area contributed by atoms with Crippen LogP contribution in [-0.4, -0.2) is 49.6 Å². The number of piperazine rings is 1. The van der Waals surface area contributed by atoms with Crippen LogP contribution in [0, 0.1) is 0 Å². The van der Waals surface area contributed by atoms with Crippen molar-refractivity contribution < 1.29 is 14.3 Å². The van der Waals surface area contributed by atoms with Crippen molar-refractivity contribution in [3.63, 3.8) is 0 Å². The number of amides is 3. The van der Waals surface area contributed by atoms with Crippen LogP contribution in [0.15, 0.2) is 48.5 Å². The molecule has 2 aromatic carbocycles. The molecule has 2 N–H and O–H groups in total. The molecule has 0 spiro atoms. The van der Waals surface area contributed by atoms with E-state index in [1.165, 1.54) is 6.92 Å². The molecule has 0 atom stereocenters. The predicted molar refractivity (Wildman–Crippen MR) is 111 cm³/mol. The molecule has 2 aromatic rings. The number of rotatable bonds is 5. The molecule has 1 aliphatic rings. The third-order valence-electron chi connectivity index (χ3n) is 4.53. The number of anilines is 3. The van der Waals surface area contributed by atoms with Crippen molar-refractivity contribution in [1.82, 2.24) is 4.90 Å². The smallest absolute Gasteiger partial charge is 0.321 e. The first-order valence-corrected chi connectivity index (χ1v) is 9.47. The third-order valence-corrected chi connectivity index (χ3v) is 4.53. The summed E-state index contributed by atoms with van der Waals surface area (Å²) in [5, 5.41) is 5.61. The van der Waals surface area contributed by atoms with E-state index in [1.807, 2.05) is 30.0 Å². The zero-order valence-corrected chi connectivity index (χ0v) is 16.3. The normalized spacial score (nSPS) is 13.8. The van der Waals surface area contributed by atoms with E-state index in [0.29, 0.717) is 31.1 Å². The Balaban J connectivity index is 1.55. The van der Waals surface area contributed by atoms with Gasteiger partial charge in [-0.15, -0.1) is 0 Å². The van der Waals surface area contributed by atoms with Crippen LogP contribution in [0.2, 0.25) is 0 Å². The molecule has 0 bridgehead atoms. The fourth-order valence-corrected chi connectivity index (χ4v) is 3.19. The van der Waals surface area contributed by atoms with E-state index in [-0.39, 0.29) is 11.9 Å². The standard InChI is InChI=1S/C21H26N4O3/c1-3-28-20-7-5-4-6-19(20)24-12-14-25(15-13-24)21(27)23-18-10-8-17(9-11-18)22-16(2)26/h4-11H,3,12-15H2,1-2H3,(H,22,26)(H,23,27). The molecule has 1 aliphatic heterocycles. The molecule has 7 heteroatoms. The maximum Gasteiger partial charge on any atom is 0.321 e. The highest BCUT2D eigenvalue weighted by molar-refractivity contribution is 5.91. The van der Waals surface area contributed by atoms with Crippen molar-refractivity contribution in [3.05, 3.63) is 48.5 Å². The van der Waals surface area contributed by atoms with Crippen LogP contribution in [0.3, 0.4) is 0 Å². The molecule has 0 saturated carbocycles. The first-order chi connectivity index (χ1) is 13.6. The molecule has 1 saturated heterocycles. The molecule has 1 heterocycles. The van der Waals surface area contributed by atoms with E-state index in [0.717, 1.165) is 24.5 Å². The number of carbonyl (C=O) groups is 2. The van der Waals surface area contributed by atoms with E-state index >= 15 is 0 Å². The van der Waals surface area contributed by atoms with E-state index in [4.69, 9.17) is 4.74 Å². The second-order valence-corrected chi connectivity index (χ2v) is 6.56. The number of para-hydroxylation sites is 2. The lowest BCUT2D eigenvalue weighted by Crippen LogP contribution is -2.50. The Hall–Kier alpha value is -3.22. The van der Waals surface area contributed by atoms with Gasteiger partial charge in [0, 0.05) is 44.5 Å². The first-order valence-electron chi connectivity index (χ1n) is 9.47. The molecule has 28 heavy (non-hydrogen) atoms. The Morgan fingerprint density at radius 3 is 2.14 bits per heavy atom. The number of benzene rings is 2. The molecule has 0 aromatic heterocycles. The van der Waals surface area contributed by atoms with Gasteiger partial charge in [0.05, 0.1) is 12.3 Å². The molecule has 3 rings (SSSR count). The van der Waals surface area contributed by atoms with E-state index < -0.39 is 0 Å². The Morgan fingerprint density at radius 1 is 0.929 bits per heavy atom. The van der Waals surface area contributed by atoms with Gasteiger partial charge in [-0.1, -0.05) is 12.1 Å². The lowest BCUT2D eigenvalue weighted by molar-refractivity contribution is -0.114. The fraction of sp³-hybridized carbons (Fsp3) is 0.333. The Labute approximate surface area is 165 Å². The maximum absolute atomic E-state index is 12.5. The molecule has 148 valence electrons. The second kappa shape index (κ2) is 9.12. The predicted octanol–water partition coefficient (Wildman–Crippen LogP) is 3.40. The summed E-state index contributed by atoms with van der Waals surface area (Å²) in [6, 6.07) is 15.0. The summed E-state index contributed by atoms with van der Waals surface area (Å²) in [7, 11) is 0. The highest BCUT2D eigenvalue weighted by Crippen LogP contribution is 2.28. The SMILES string of the molecule is CCOc1ccccc1N1CCN(C(=O)Nc2ccc(NC(C)=O)cc2)CC1. The number of nitrogens with one attached hydrogen (secondary N) is 2. The number of hydrogen-bond acceptors (Lipinski definition) is 4. The van der Waals surface area contributed by atoms with E-state index in [1.54, 1.807) is 24.3 Å². The van der Waals surface area contributed by atoms with Crippen molar-refractivity contribution in [2.45, 2.75) is 13.8 Å². The van der Waals surface area contributed by atoms with Gasteiger partial charge in [-0.05, 0) is 43.3 Å². The van der Waals surface area contributed by atoms with Gasteiger partial charge in [-0.3, -0.25) is 4.79 Å². The maximum atomic E-state index is 12.5. The second-order valence-electron chi connectivity index (χ2n) is 6.56. The molecular weight excluding hydrogens is 356 g/mol. The van der Waals surface area contributed by atoms with Gasteiger partial charge in [0.2, 0.25) is 5.91 Å². The summed E-state index contributed by atoms with van der Waals surface area (Å²) in [4.78, 5) is 27.7. The molecule has 0 unspecified atom stereocenters. The molecule has 7 nitrogen and oxygen atoms in total. The number of nitrogens with zero attached hydrogens (tertiary/aromatic N) is 2. The van der Waals surface area contributed by atoms with Gasteiger partial charge in [0.1, 0.15) is 5.75 Å². The molecular formula is C21H26N4O3. The van der Waals surface area contributed by atoms with Gasteiger partial charge < -0.3 is 25.2 Å². The number of hydrogen-bond donors (Lipinski definition) is 2. The number of urea groups is 1. The topological polar surface area (TPSA) is 73.9 Å². The number of ether oxygens (including phenoxy) is 1. The molecule has 0 radical (unpaired) electrons. The average Bonchev–Trinajstić information content (AvgIpc) is 2.70. The zero-order chi connectivity index (χ0) is 19.9. The van der Waals surface area contributed by atoms with Crippen molar-refractivity contribution in [2.75, 3.05) is 48.3 Å².